The van der Waals surface area contributed by atoms with Crippen LogP contribution in [0.15, 0.2) is 77.7 Å². The second kappa shape index (κ2) is 23.7. The molecule has 0 aliphatic carbocycles. The molecule has 2 saturated heterocycles. The summed E-state index contributed by atoms with van der Waals surface area (Å²) in [6.45, 7) is 4.76. The first-order chi connectivity index (χ1) is 34.0. The molecule has 3 N–H and O–H groups in total. The zero-order valence-corrected chi connectivity index (χ0v) is 40.0. The average Bonchev–Trinajstić information content (AvgIpc) is 3.69. The number of fused-ring (bicyclic) bond motifs is 2. The highest BCUT2D eigenvalue weighted by molar-refractivity contribution is 6.33. The number of nitrogens with one attached hydrogen (secondary N) is 3. The number of ether oxygens (including phenoxy) is 6. The normalized spacial score (nSPS) is 16.0. The first-order valence-corrected chi connectivity index (χ1v) is 23.8. The second-order valence-corrected chi connectivity index (χ2v) is 17.4. The third-order valence-corrected chi connectivity index (χ3v) is 12.6. The number of pyridine rings is 1. The van der Waals surface area contributed by atoms with Crippen molar-refractivity contribution < 1.29 is 47.6 Å². The summed E-state index contributed by atoms with van der Waals surface area (Å²) in [7, 11) is 3.15. The molecule has 70 heavy (non-hydrogen) atoms. The van der Waals surface area contributed by atoms with E-state index >= 15 is 0 Å². The zero-order chi connectivity index (χ0) is 49.0. The van der Waals surface area contributed by atoms with Crippen molar-refractivity contribution in [2.75, 3.05) is 83.2 Å². The van der Waals surface area contributed by atoms with Gasteiger partial charge in [0.25, 0.3) is 17.4 Å². The van der Waals surface area contributed by atoms with Crippen LogP contribution in [0, 0.1) is 0 Å². The highest BCUT2D eigenvalue weighted by atomic mass is 35.5. The molecule has 1 atom stereocenters. The predicted molar refractivity (Wildman–Crippen MR) is 260 cm³/mol. The number of amides is 4. The van der Waals surface area contributed by atoms with Crippen molar-refractivity contribution in [3.8, 4) is 17.2 Å². The lowest BCUT2D eigenvalue weighted by atomic mass is 10.0. The number of para-hydroxylation sites is 1. The van der Waals surface area contributed by atoms with E-state index in [-0.39, 0.29) is 48.2 Å². The van der Waals surface area contributed by atoms with Crippen molar-refractivity contribution in [2.45, 2.75) is 57.2 Å². The lowest BCUT2D eigenvalue weighted by Crippen LogP contribution is -2.52. The number of imide groups is 1. The van der Waals surface area contributed by atoms with Crippen LogP contribution < -0.4 is 40.6 Å². The van der Waals surface area contributed by atoms with E-state index in [2.05, 4.69) is 25.8 Å². The summed E-state index contributed by atoms with van der Waals surface area (Å²) >= 11 is 6.52. The third kappa shape index (κ3) is 12.5. The van der Waals surface area contributed by atoms with Crippen molar-refractivity contribution in [1.82, 2.24) is 30.1 Å². The van der Waals surface area contributed by atoms with E-state index in [9.17, 15) is 24.0 Å². The minimum absolute atomic E-state index is 0.0692. The van der Waals surface area contributed by atoms with Crippen molar-refractivity contribution in [2.24, 2.45) is 7.05 Å². The number of piperidine rings is 2. The van der Waals surface area contributed by atoms with Gasteiger partial charge in [0, 0.05) is 76.2 Å². The number of aromatic nitrogens is 3. The quantitative estimate of drug-likeness (QED) is 0.0597. The lowest BCUT2D eigenvalue weighted by molar-refractivity contribution is -0.137. The Labute approximate surface area is 409 Å². The number of aryl methyl sites for hydroxylation is 1. The average molecular weight is 982 g/mol. The Morgan fingerprint density at radius 3 is 2.47 bits per heavy atom. The van der Waals surface area contributed by atoms with Gasteiger partial charge in [0.1, 0.15) is 22.6 Å². The molecular weight excluding hydrogens is 924 g/mol. The largest absolute Gasteiger partial charge is 0.493 e. The number of carbonyl (C=O) groups excluding carboxylic acids is 4. The number of halogens is 1. The monoisotopic (exact) mass is 980 g/mol. The van der Waals surface area contributed by atoms with Gasteiger partial charge in [0.05, 0.1) is 57.5 Å². The van der Waals surface area contributed by atoms with Crippen molar-refractivity contribution in [3.05, 3.63) is 105 Å². The molecular formula is C50H57ClN8O11. The van der Waals surface area contributed by atoms with E-state index in [1.165, 1.54) is 16.5 Å². The fourth-order valence-electron chi connectivity index (χ4n) is 8.52. The van der Waals surface area contributed by atoms with Crippen LogP contribution in [0.4, 0.5) is 17.5 Å². The number of anilines is 3. The van der Waals surface area contributed by atoms with Gasteiger partial charge in [-0.05, 0) is 78.9 Å². The second-order valence-electron chi connectivity index (χ2n) is 17.0. The molecule has 3 aromatic carbocycles. The van der Waals surface area contributed by atoms with E-state index in [4.69, 9.17) is 45.0 Å². The van der Waals surface area contributed by atoms with Gasteiger partial charge in [-0.3, -0.25) is 29.3 Å². The van der Waals surface area contributed by atoms with E-state index in [0.29, 0.717) is 124 Å². The number of hydrogen-bond donors (Lipinski definition) is 3. The minimum Gasteiger partial charge on any atom is -0.493 e. The standard InChI is InChI=1S/C50H57ClN8O11/c1-52-45(61)31-70-43-28-33-26-35(8-11-40(33)57(2)49(43)64)54-46-39(51)29-53-50(56-46)58-17-14-36(15-18-58)68-25-24-66-23-22-65-19-5-20-69-42-7-4-3-6-32(42)16-21-67-37-9-10-38-34(27-37)30-59(48(38)63)41-12-13-44(60)55-47(41)62/h3-4,6-11,26-29,36,41H,5,12-25,30-31H2,1-2H3,(H,52,61)(H,53,54,56)(H,55,60,62). The molecule has 20 heteroatoms. The maximum absolute atomic E-state index is 13.0. The van der Waals surface area contributed by atoms with Crippen LogP contribution in [0.25, 0.3) is 10.9 Å². The van der Waals surface area contributed by atoms with Crippen molar-refractivity contribution in [3.63, 3.8) is 0 Å². The topological polar surface area (TPSA) is 214 Å². The summed E-state index contributed by atoms with van der Waals surface area (Å²) in [6, 6.07) is 19.7. The highest BCUT2D eigenvalue weighted by Gasteiger charge is 2.39. The molecule has 370 valence electrons. The molecule has 1 unspecified atom stereocenters. The van der Waals surface area contributed by atoms with Gasteiger partial charge in [-0.1, -0.05) is 29.8 Å². The van der Waals surface area contributed by atoms with Crippen LogP contribution in [0.1, 0.15) is 53.6 Å². The molecule has 8 rings (SSSR count). The Bertz CT molecular complexity index is 2750. The van der Waals surface area contributed by atoms with E-state index in [1.807, 2.05) is 48.5 Å². The van der Waals surface area contributed by atoms with Crippen LogP contribution in [-0.2, 0) is 48.6 Å². The number of benzene rings is 3. The Morgan fingerprint density at radius 1 is 0.857 bits per heavy atom. The first-order valence-electron chi connectivity index (χ1n) is 23.4. The van der Waals surface area contributed by atoms with Gasteiger partial charge >= 0.3 is 0 Å². The molecule has 3 aliphatic rings. The predicted octanol–water partition coefficient (Wildman–Crippen LogP) is 4.72. The third-order valence-electron chi connectivity index (χ3n) is 12.3. The zero-order valence-electron chi connectivity index (χ0n) is 39.2. The summed E-state index contributed by atoms with van der Waals surface area (Å²) in [6.07, 6.45) is 5.15. The minimum atomic E-state index is -0.657. The van der Waals surface area contributed by atoms with Crippen LogP contribution in [0.2, 0.25) is 5.02 Å². The molecule has 5 heterocycles. The van der Waals surface area contributed by atoms with Crippen LogP contribution in [0.5, 0.6) is 17.2 Å². The Balaban J connectivity index is 0.677. The molecule has 0 bridgehead atoms. The molecule has 0 radical (unpaired) electrons. The fraction of sp³-hybridized carbons (Fsp3) is 0.420. The van der Waals surface area contributed by atoms with Gasteiger partial charge in [0.2, 0.25) is 17.8 Å². The molecule has 0 spiro atoms. The molecule has 0 saturated carbocycles. The molecule has 2 fully saturated rings. The summed E-state index contributed by atoms with van der Waals surface area (Å²) in [5.41, 5.74) is 3.40. The van der Waals surface area contributed by atoms with Gasteiger partial charge < -0.3 is 53.4 Å². The number of hydrogen-bond acceptors (Lipinski definition) is 15. The van der Waals surface area contributed by atoms with Crippen LogP contribution in [0.3, 0.4) is 0 Å². The van der Waals surface area contributed by atoms with Crippen LogP contribution in [-0.4, -0.2) is 128 Å². The van der Waals surface area contributed by atoms with E-state index in [1.54, 1.807) is 31.4 Å². The number of rotatable bonds is 23. The van der Waals surface area contributed by atoms with Gasteiger partial charge in [-0.2, -0.15) is 4.98 Å². The van der Waals surface area contributed by atoms with Crippen molar-refractivity contribution in [1.29, 1.82) is 0 Å². The summed E-state index contributed by atoms with van der Waals surface area (Å²) in [4.78, 5) is 74.3. The number of nitrogens with zero attached hydrogens (tertiary/aromatic N) is 5. The maximum Gasteiger partial charge on any atom is 0.293 e. The highest BCUT2D eigenvalue weighted by Crippen LogP contribution is 2.32. The van der Waals surface area contributed by atoms with Crippen LogP contribution >= 0.6 is 11.6 Å². The molecule has 4 amide bonds. The van der Waals surface area contributed by atoms with Crippen molar-refractivity contribution >= 4 is 63.6 Å². The summed E-state index contributed by atoms with van der Waals surface area (Å²) in [5.74, 6) is 1.20. The molecule has 19 nitrogen and oxygen atoms in total. The van der Waals surface area contributed by atoms with E-state index < -0.39 is 11.9 Å². The Hall–Kier alpha value is -6.80. The maximum atomic E-state index is 13.0. The van der Waals surface area contributed by atoms with Gasteiger partial charge in [-0.15, -0.1) is 0 Å². The summed E-state index contributed by atoms with van der Waals surface area (Å²) in [5, 5.41) is 9.17. The number of carbonyl (C=O) groups is 4. The molecule has 2 aromatic heterocycles. The smallest absolute Gasteiger partial charge is 0.293 e. The molecule has 3 aliphatic heterocycles. The van der Waals surface area contributed by atoms with E-state index in [0.717, 1.165) is 35.1 Å². The SMILES string of the molecule is CNC(=O)COc1cc2cc(Nc3nc(N4CCC(OCCOCCOCCCOc5ccccc5CCOc5ccc6c(c5)CN(C5CCC(=O)NC5=O)C6=O)CC4)ncc3Cl)ccc2n(C)c1=O. The van der Waals surface area contributed by atoms with Gasteiger partial charge in [-0.25, -0.2) is 4.98 Å². The lowest BCUT2D eigenvalue weighted by Gasteiger charge is -2.32. The summed E-state index contributed by atoms with van der Waals surface area (Å²) < 4.78 is 36.8. The van der Waals surface area contributed by atoms with Gasteiger partial charge in [0.15, 0.2) is 18.2 Å². The first kappa shape index (κ1) is 49.6. The fourth-order valence-corrected chi connectivity index (χ4v) is 8.65. The Kier molecular flexibility index (Phi) is 16.8. The molecule has 5 aromatic rings. The number of likely N-dealkylation sites (N-methyl/N-ethyl adjacent to an activating group) is 1. The Morgan fingerprint density at radius 2 is 1.66 bits per heavy atom.